The zero-order chi connectivity index (χ0) is 16.9. The topological polar surface area (TPSA) is 80.8 Å². The van der Waals surface area contributed by atoms with Crippen molar-refractivity contribution in [1.29, 1.82) is 0 Å². The lowest BCUT2D eigenvalue weighted by Crippen LogP contribution is -2.00. The smallest absolute Gasteiger partial charge is 0.227 e. The third kappa shape index (κ3) is 3.26. The van der Waals surface area contributed by atoms with Crippen LogP contribution in [0.4, 0.5) is 0 Å². The van der Waals surface area contributed by atoms with Crippen LogP contribution in [0.15, 0.2) is 34.6 Å². The first-order valence-corrected chi connectivity index (χ1v) is 8.64. The Kier molecular flexibility index (Phi) is 5.10. The van der Waals surface area contributed by atoms with Gasteiger partial charge in [0.05, 0.1) is 12.0 Å². The molecule has 0 atom stereocenters. The molecule has 6 nitrogen and oxygen atoms in total. The molecule has 3 aromatic rings. The van der Waals surface area contributed by atoms with Crippen molar-refractivity contribution in [2.45, 2.75) is 36.7 Å². The van der Waals surface area contributed by atoms with Gasteiger partial charge in [-0.3, -0.25) is 4.98 Å². The molecular weight excluding hydrogens is 324 g/mol. The number of ether oxygens (including phenoxy) is 1. The van der Waals surface area contributed by atoms with Crippen molar-refractivity contribution in [1.82, 2.24) is 19.9 Å². The molecule has 1 N–H and O–H groups in total. The number of rotatable bonds is 7. The second-order valence-corrected chi connectivity index (χ2v) is 6.11. The van der Waals surface area contributed by atoms with Crippen LogP contribution >= 0.6 is 11.8 Å². The molecule has 3 rings (SSSR count). The summed E-state index contributed by atoms with van der Waals surface area (Å²) in [4.78, 5) is 28.6. The lowest BCUT2D eigenvalue weighted by molar-refractivity contribution is -0.107. The van der Waals surface area contributed by atoms with Crippen LogP contribution in [0.3, 0.4) is 0 Å². The van der Waals surface area contributed by atoms with E-state index in [0.717, 1.165) is 34.2 Å². The van der Waals surface area contributed by atoms with Crippen LogP contribution in [-0.2, 0) is 17.6 Å². The highest BCUT2D eigenvalue weighted by Gasteiger charge is 2.19. The maximum Gasteiger partial charge on any atom is 0.227 e. The van der Waals surface area contributed by atoms with Gasteiger partial charge < -0.3 is 14.5 Å². The van der Waals surface area contributed by atoms with E-state index < -0.39 is 0 Å². The molecular formula is C17H18N4O2S. The quantitative estimate of drug-likeness (QED) is 0.524. The van der Waals surface area contributed by atoms with E-state index in [1.807, 2.05) is 26.0 Å². The fourth-order valence-corrected chi connectivity index (χ4v) is 3.30. The number of carbonyl (C=O) groups excluding carboxylic acids is 1. The van der Waals surface area contributed by atoms with Crippen LogP contribution in [0.5, 0.6) is 5.88 Å². The highest BCUT2D eigenvalue weighted by Crippen LogP contribution is 2.33. The van der Waals surface area contributed by atoms with Gasteiger partial charge in [-0.05, 0) is 42.8 Å². The van der Waals surface area contributed by atoms with E-state index in [0.29, 0.717) is 29.7 Å². The number of aromatic amines is 1. The second kappa shape index (κ2) is 7.44. The second-order valence-electron chi connectivity index (χ2n) is 5.07. The molecule has 0 aliphatic carbocycles. The summed E-state index contributed by atoms with van der Waals surface area (Å²) >= 11 is 1.42. The molecule has 0 aliphatic rings. The molecule has 3 heterocycles. The van der Waals surface area contributed by atoms with Crippen LogP contribution in [0.1, 0.15) is 25.1 Å². The number of nitrogens with one attached hydrogen (secondary N) is 1. The lowest BCUT2D eigenvalue weighted by Gasteiger charge is -2.07. The number of aryl methyl sites for hydroxylation is 1. The maximum atomic E-state index is 11.1. The normalized spacial score (nSPS) is 10.9. The number of aromatic nitrogens is 4. The fourth-order valence-electron chi connectivity index (χ4n) is 2.56. The fraction of sp³-hybridized carbons (Fsp3) is 0.294. The van der Waals surface area contributed by atoms with Crippen molar-refractivity contribution >= 4 is 29.1 Å². The van der Waals surface area contributed by atoms with Gasteiger partial charge in [-0.25, -0.2) is 4.98 Å². The van der Waals surface area contributed by atoms with Crippen molar-refractivity contribution in [3.05, 3.63) is 35.8 Å². The number of H-pyrrole nitrogens is 1. The molecule has 7 heteroatoms. The number of hydrogen-bond acceptors (Lipinski definition) is 6. The Morgan fingerprint density at radius 3 is 2.88 bits per heavy atom. The van der Waals surface area contributed by atoms with Crippen LogP contribution in [0.25, 0.3) is 11.0 Å². The summed E-state index contributed by atoms with van der Waals surface area (Å²) < 4.78 is 5.73. The van der Waals surface area contributed by atoms with Crippen LogP contribution in [0.2, 0.25) is 0 Å². The average molecular weight is 342 g/mol. The van der Waals surface area contributed by atoms with Crippen molar-refractivity contribution < 1.29 is 9.53 Å². The number of aldehydes is 1. The molecule has 0 saturated heterocycles. The third-order valence-corrected chi connectivity index (χ3v) is 4.40. The van der Waals surface area contributed by atoms with Gasteiger partial charge in [0, 0.05) is 29.4 Å². The molecule has 0 unspecified atom stereocenters. The van der Waals surface area contributed by atoms with E-state index in [2.05, 4.69) is 19.9 Å². The highest BCUT2D eigenvalue weighted by molar-refractivity contribution is 7.99. The third-order valence-electron chi connectivity index (χ3n) is 3.56. The molecule has 0 amide bonds. The zero-order valence-corrected chi connectivity index (χ0v) is 14.4. The van der Waals surface area contributed by atoms with Gasteiger partial charge in [0.15, 0.2) is 5.16 Å². The standard InChI is InChI=1S/C17H18N4O2S/c1-3-13-12(7-9-22)14-15(19-13)20-17(21-16(14)23-4-2)24-11-6-5-8-18-10-11/h5-6,8-10H,3-4,7H2,1-2H3,(H,19,20,21). The average Bonchev–Trinajstić information content (AvgIpc) is 2.94. The monoisotopic (exact) mass is 342 g/mol. The Labute approximate surface area is 144 Å². The predicted molar refractivity (Wildman–Crippen MR) is 92.6 cm³/mol. The van der Waals surface area contributed by atoms with Gasteiger partial charge in [0.1, 0.15) is 11.9 Å². The minimum absolute atomic E-state index is 0.321. The number of nitrogens with zero attached hydrogens (tertiary/aromatic N) is 3. The Morgan fingerprint density at radius 1 is 1.33 bits per heavy atom. The van der Waals surface area contributed by atoms with Crippen LogP contribution in [0, 0.1) is 0 Å². The van der Waals surface area contributed by atoms with Crippen molar-refractivity contribution in [3.8, 4) is 5.88 Å². The molecule has 0 fully saturated rings. The summed E-state index contributed by atoms with van der Waals surface area (Å²) in [6.07, 6.45) is 5.50. The molecule has 0 spiro atoms. The van der Waals surface area contributed by atoms with E-state index in [1.54, 1.807) is 12.4 Å². The molecule has 0 aliphatic heterocycles. The Hall–Kier alpha value is -2.41. The van der Waals surface area contributed by atoms with E-state index in [-0.39, 0.29) is 0 Å². The van der Waals surface area contributed by atoms with Crippen LogP contribution in [-0.4, -0.2) is 32.8 Å². The van der Waals surface area contributed by atoms with Gasteiger partial charge >= 0.3 is 0 Å². The maximum absolute atomic E-state index is 11.1. The van der Waals surface area contributed by atoms with E-state index in [9.17, 15) is 4.79 Å². The first-order valence-electron chi connectivity index (χ1n) is 7.82. The number of hydrogen-bond donors (Lipinski definition) is 1. The van der Waals surface area contributed by atoms with Crippen molar-refractivity contribution in [2.75, 3.05) is 6.61 Å². The molecule has 124 valence electrons. The Morgan fingerprint density at radius 2 is 2.21 bits per heavy atom. The molecule has 24 heavy (non-hydrogen) atoms. The summed E-state index contributed by atoms with van der Waals surface area (Å²) in [5.41, 5.74) is 2.62. The predicted octanol–water partition coefficient (Wildman–Crippen LogP) is 3.21. The summed E-state index contributed by atoms with van der Waals surface area (Å²) in [6.45, 7) is 4.45. The number of carbonyl (C=O) groups is 1. The highest BCUT2D eigenvalue weighted by atomic mass is 32.2. The molecule has 0 aromatic carbocycles. The van der Waals surface area contributed by atoms with E-state index >= 15 is 0 Å². The number of fused-ring (bicyclic) bond motifs is 1. The first kappa shape index (κ1) is 16.4. The molecule has 0 radical (unpaired) electrons. The van der Waals surface area contributed by atoms with E-state index in [1.165, 1.54) is 11.8 Å². The van der Waals surface area contributed by atoms with E-state index in [4.69, 9.17) is 4.74 Å². The van der Waals surface area contributed by atoms with Gasteiger partial charge in [0.25, 0.3) is 0 Å². The van der Waals surface area contributed by atoms with Crippen molar-refractivity contribution in [3.63, 3.8) is 0 Å². The molecule has 0 bridgehead atoms. The summed E-state index contributed by atoms with van der Waals surface area (Å²) in [6, 6.07) is 3.83. The summed E-state index contributed by atoms with van der Waals surface area (Å²) in [5.74, 6) is 0.515. The van der Waals surface area contributed by atoms with Gasteiger partial charge in [-0.15, -0.1) is 0 Å². The summed E-state index contributed by atoms with van der Waals surface area (Å²) in [5, 5.41) is 1.39. The summed E-state index contributed by atoms with van der Waals surface area (Å²) in [7, 11) is 0. The largest absolute Gasteiger partial charge is 0.477 e. The van der Waals surface area contributed by atoms with Gasteiger partial charge in [-0.2, -0.15) is 4.98 Å². The number of pyridine rings is 1. The van der Waals surface area contributed by atoms with Gasteiger partial charge in [0.2, 0.25) is 5.88 Å². The van der Waals surface area contributed by atoms with Crippen LogP contribution < -0.4 is 4.74 Å². The SMILES string of the molecule is CCOc1nc(Sc2cccnc2)nc2[nH]c(CC)c(CC=O)c12. The zero-order valence-electron chi connectivity index (χ0n) is 13.6. The lowest BCUT2D eigenvalue weighted by atomic mass is 10.1. The Balaban J connectivity index is 2.11. The minimum Gasteiger partial charge on any atom is -0.477 e. The Bertz CT molecular complexity index is 849. The van der Waals surface area contributed by atoms with Crippen molar-refractivity contribution in [2.24, 2.45) is 0 Å². The minimum atomic E-state index is 0.321. The molecule has 0 saturated carbocycles. The first-order chi connectivity index (χ1) is 11.8. The van der Waals surface area contributed by atoms with Gasteiger partial charge in [-0.1, -0.05) is 6.92 Å². The molecule has 3 aromatic heterocycles.